The number of rotatable bonds is 2. The molecule has 0 bridgehead atoms. The van der Waals surface area contributed by atoms with Gasteiger partial charge in [0.05, 0.1) is 28.4 Å². The number of benzene rings is 1. The van der Waals surface area contributed by atoms with Gasteiger partial charge in [-0.15, -0.1) is 11.3 Å². The first kappa shape index (κ1) is 15.1. The average molecular weight is 332 g/mol. The monoisotopic (exact) mass is 332 g/mol. The standard InChI is InChI=1S/C17H20N2O3S/c1-11-18-14-3-2-13(10-15(14)23-11)19-16(20)12-4-6-17(7-5-12)21-8-9-22-17/h2-3,10,12H,4-9H2,1H3,(H,19,20). The van der Waals surface area contributed by atoms with Crippen LogP contribution >= 0.6 is 11.3 Å². The van der Waals surface area contributed by atoms with Crippen LogP contribution in [0.15, 0.2) is 18.2 Å². The van der Waals surface area contributed by atoms with Crippen molar-refractivity contribution >= 4 is 33.1 Å². The number of hydrogen-bond acceptors (Lipinski definition) is 5. The Labute approximate surface area is 139 Å². The van der Waals surface area contributed by atoms with E-state index in [1.165, 1.54) is 0 Å². The van der Waals surface area contributed by atoms with Crippen molar-refractivity contribution < 1.29 is 14.3 Å². The molecule has 1 N–H and O–H groups in total. The largest absolute Gasteiger partial charge is 0.348 e. The predicted octanol–water partition coefficient (Wildman–Crippen LogP) is 3.48. The summed E-state index contributed by atoms with van der Waals surface area (Å²) >= 11 is 1.65. The van der Waals surface area contributed by atoms with Crippen LogP contribution in [0.4, 0.5) is 5.69 Å². The summed E-state index contributed by atoms with van der Waals surface area (Å²) in [6.45, 7) is 3.34. The molecule has 1 aromatic heterocycles. The maximum atomic E-state index is 12.5. The van der Waals surface area contributed by atoms with Crippen LogP contribution in [0.2, 0.25) is 0 Å². The summed E-state index contributed by atoms with van der Waals surface area (Å²) in [6.07, 6.45) is 3.23. The number of nitrogens with zero attached hydrogens (tertiary/aromatic N) is 1. The first-order valence-corrected chi connectivity index (χ1v) is 8.91. The molecule has 2 heterocycles. The third-order valence-electron chi connectivity index (χ3n) is 4.69. The zero-order chi connectivity index (χ0) is 15.9. The highest BCUT2D eigenvalue weighted by molar-refractivity contribution is 7.18. The Balaban J connectivity index is 1.41. The number of nitrogens with one attached hydrogen (secondary N) is 1. The number of carbonyl (C=O) groups excluding carboxylic acids is 1. The number of carbonyl (C=O) groups is 1. The molecule has 122 valence electrons. The highest BCUT2D eigenvalue weighted by atomic mass is 32.1. The van der Waals surface area contributed by atoms with Gasteiger partial charge in [0.2, 0.25) is 5.91 Å². The fourth-order valence-corrected chi connectivity index (χ4v) is 4.33. The van der Waals surface area contributed by atoms with Crippen molar-refractivity contribution in [1.29, 1.82) is 0 Å². The van der Waals surface area contributed by atoms with E-state index in [0.717, 1.165) is 46.6 Å². The van der Waals surface area contributed by atoms with E-state index in [9.17, 15) is 4.79 Å². The highest BCUT2D eigenvalue weighted by Gasteiger charge is 2.41. The molecule has 1 aliphatic carbocycles. The van der Waals surface area contributed by atoms with Crippen molar-refractivity contribution in [2.24, 2.45) is 5.92 Å². The van der Waals surface area contributed by atoms with Gasteiger partial charge in [0.1, 0.15) is 0 Å². The molecule has 4 rings (SSSR count). The van der Waals surface area contributed by atoms with E-state index < -0.39 is 5.79 Å². The normalized spacial score (nSPS) is 21.1. The van der Waals surface area contributed by atoms with Gasteiger partial charge in [-0.1, -0.05) is 0 Å². The average Bonchev–Trinajstić information content (AvgIpc) is 3.13. The maximum Gasteiger partial charge on any atom is 0.227 e. The van der Waals surface area contributed by atoms with Gasteiger partial charge >= 0.3 is 0 Å². The van der Waals surface area contributed by atoms with E-state index in [4.69, 9.17) is 9.47 Å². The second-order valence-corrected chi connectivity index (χ2v) is 7.52. The van der Waals surface area contributed by atoms with Crippen LogP contribution in [0.25, 0.3) is 10.2 Å². The van der Waals surface area contributed by atoms with Crippen molar-refractivity contribution in [1.82, 2.24) is 4.98 Å². The molecule has 0 atom stereocenters. The van der Waals surface area contributed by atoms with E-state index in [-0.39, 0.29) is 11.8 Å². The van der Waals surface area contributed by atoms with Crippen molar-refractivity contribution in [3.05, 3.63) is 23.2 Å². The molecule has 1 saturated heterocycles. The molecule has 1 aromatic carbocycles. The van der Waals surface area contributed by atoms with Crippen LogP contribution in [0.1, 0.15) is 30.7 Å². The molecule has 2 fully saturated rings. The first-order chi connectivity index (χ1) is 11.1. The van der Waals surface area contributed by atoms with Gasteiger partial charge in [0, 0.05) is 24.4 Å². The van der Waals surface area contributed by atoms with Gasteiger partial charge in [-0.05, 0) is 38.0 Å². The lowest BCUT2D eigenvalue weighted by Gasteiger charge is -2.34. The van der Waals surface area contributed by atoms with Gasteiger partial charge in [-0.3, -0.25) is 4.79 Å². The smallest absolute Gasteiger partial charge is 0.227 e. The van der Waals surface area contributed by atoms with E-state index >= 15 is 0 Å². The third-order valence-corrected chi connectivity index (χ3v) is 5.63. The van der Waals surface area contributed by atoms with E-state index in [0.29, 0.717) is 13.2 Å². The molecule has 2 aliphatic rings. The zero-order valence-corrected chi connectivity index (χ0v) is 13.9. The lowest BCUT2D eigenvalue weighted by atomic mass is 9.84. The second-order valence-electron chi connectivity index (χ2n) is 6.29. The van der Waals surface area contributed by atoms with E-state index in [2.05, 4.69) is 10.3 Å². The van der Waals surface area contributed by atoms with Crippen LogP contribution < -0.4 is 5.32 Å². The molecule has 2 aromatic rings. The van der Waals surface area contributed by atoms with Crippen molar-refractivity contribution in [2.75, 3.05) is 18.5 Å². The zero-order valence-electron chi connectivity index (χ0n) is 13.1. The van der Waals surface area contributed by atoms with Gasteiger partial charge in [0.15, 0.2) is 5.79 Å². The number of thiazole rings is 1. The Kier molecular flexibility index (Phi) is 3.83. The third kappa shape index (κ3) is 2.98. The van der Waals surface area contributed by atoms with E-state index in [1.54, 1.807) is 11.3 Å². The van der Waals surface area contributed by atoms with Crippen LogP contribution in [0, 0.1) is 12.8 Å². The molecular weight excluding hydrogens is 312 g/mol. The summed E-state index contributed by atoms with van der Waals surface area (Å²) in [5.74, 6) is -0.277. The number of aryl methyl sites for hydroxylation is 1. The van der Waals surface area contributed by atoms with Gasteiger partial charge in [-0.25, -0.2) is 4.98 Å². The Morgan fingerprint density at radius 3 is 2.78 bits per heavy atom. The predicted molar refractivity (Wildman–Crippen MR) is 89.6 cm³/mol. The minimum absolute atomic E-state index is 0.0346. The minimum Gasteiger partial charge on any atom is -0.348 e. The van der Waals surface area contributed by atoms with Crippen LogP contribution in [-0.4, -0.2) is 29.9 Å². The fraction of sp³-hybridized carbons (Fsp3) is 0.529. The Morgan fingerprint density at radius 1 is 1.30 bits per heavy atom. The SMILES string of the molecule is Cc1nc2ccc(NC(=O)C3CCC4(CC3)OCCO4)cc2s1. The number of ether oxygens (including phenoxy) is 2. The summed E-state index contributed by atoms with van der Waals surface area (Å²) in [7, 11) is 0. The second kappa shape index (κ2) is 5.85. The molecule has 1 amide bonds. The van der Waals surface area contributed by atoms with Gasteiger partial charge in [-0.2, -0.15) is 0 Å². The maximum absolute atomic E-state index is 12.5. The topological polar surface area (TPSA) is 60.5 Å². The summed E-state index contributed by atoms with van der Waals surface area (Å²) in [6, 6.07) is 5.89. The number of hydrogen-bond donors (Lipinski definition) is 1. The number of aromatic nitrogens is 1. The summed E-state index contributed by atoms with van der Waals surface area (Å²) < 4.78 is 12.5. The van der Waals surface area contributed by atoms with Crippen LogP contribution in [0.3, 0.4) is 0 Å². The molecule has 6 heteroatoms. The Morgan fingerprint density at radius 2 is 2.04 bits per heavy atom. The summed E-state index contributed by atoms with van der Waals surface area (Å²) in [5, 5.41) is 4.09. The van der Waals surface area contributed by atoms with Crippen molar-refractivity contribution in [2.45, 2.75) is 38.4 Å². The summed E-state index contributed by atoms with van der Waals surface area (Å²) in [5.41, 5.74) is 1.83. The Bertz CT molecular complexity index is 727. The Hall–Kier alpha value is -1.50. The van der Waals surface area contributed by atoms with Crippen LogP contribution in [-0.2, 0) is 14.3 Å². The summed E-state index contributed by atoms with van der Waals surface area (Å²) in [4.78, 5) is 16.9. The molecule has 23 heavy (non-hydrogen) atoms. The fourth-order valence-electron chi connectivity index (χ4n) is 3.47. The molecule has 1 spiro atoms. The van der Waals surface area contributed by atoms with Crippen molar-refractivity contribution in [3.63, 3.8) is 0 Å². The molecule has 0 unspecified atom stereocenters. The van der Waals surface area contributed by atoms with Gasteiger partial charge in [0.25, 0.3) is 0 Å². The van der Waals surface area contributed by atoms with Gasteiger partial charge < -0.3 is 14.8 Å². The molecule has 1 saturated carbocycles. The number of fused-ring (bicyclic) bond motifs is 1. The molecule has 1 aliphatic heterocycles. The van der Waals surface area contributed by atoms with E-state index in [1.807, 2.05) is 25.1 Å². The quantitative estimate of drug-likeness (QED) is 0.915. The lowest BCUT2D eigenvalue weighted by molar-refractivity contribution is -0.182. The number of amides is 1. The highest BCUT2D eigenvalue weighted by Crippen LogP contribution is 2.38. The molecule has 0 radical (unpaired) electrons. The number of anilines is 1. The lowest BCUT2D eigenvalue weighted by Crippen LogP contribution is -2.38. The van der Waals surface area contributed by atoms with Crippen molar-refractivity contribution in [3.8, 4) is 0 Å². The molecule has 5 nitrogen and oxygen atoms in total. The first-order valence-electron chi connectivity index (χ1n) is 8.10. The van der Waals surface area contributed by atoms with Crippen LogP contribution in [0.5, 0.6) is 0 Å². The molecular formula is C17H20N2O3S. The minimum atomic E-state index is -0.407.